The van der Waals surface area contributed by atoms with Gasteiger partial charge in [-0.3, -0.25) is 0 Å². The topological polar surface area (TPSA) is 6.48 Å². The van der Waals surface area contributed by atoms with Crippen molar-refractivity contribution in [2.75, 3.05) is 38.0 Å². The van der Waals surface area contributed by atoms with Gasteiger partial charge in [-0.05, 0) is 255 Å². The molecule has 0 fully saturated rings. The van der Waals surface area contributed by atoms with Crippen LogP contribution < -0.4 is 9.80 Å². The Kier molecular flexibility index (Phi) is 16.4. The van der Waals surface area contributed by atoms with Gasteiger partial charge in [0.25, 0.3) is 0 Å². The van der Waals surface area contributed by atoms with Crippen molar-refractivity contribution in [3.05, 3.63) is 346 Å². The van der Waals surface area contributed by atoms with Crippen LogP contribution in [0.25, 0.3) is 122 Å². The van der Waals surface area contributed by atoms with Gasteiger partial charge in [-0.25, -0.2) is 0 Å². The molecule has 2 heteroatoms. The van der Waals surface area contributed by atoms with Crippen LogP contribution in [0.2, 0.25) is 0 Å². The molecule has 0 heterocycles. The van der Waals surface area contributed by atoms with Crippen molar-refractivity contribution in [1.82, 2.24) is 0 Å². The van der Waals surface area contributed by atoms with Gasteiger partial charge in [-0.1, -0.05) is 255 Å². The van der Waals surface area contributed by atoms with Crippen molar-refractivity contribution in [3.63, 3.8) is 0 Å². The summed E-state index contributed by atoms with van der Waals surface area (Å²) in [6.45, 7) is 13.5. The normalized spacial score (nSPS) is 11.9. The van der Waals surface area contributed by atoms with Crippen LogP contribution in [0.15, 0.2) is 279 Å². The number of rotatable bonds is 14. The summed E-state index contributed by atoms with van der Waals surface area (Å²) >= 11 is 0. The molecule has 0 N–H and O–H groups in total. The van der Waals surface area contributed by atoms with Gasteiger partial charge >= 0.3 is 0 Å². The monoisotopic (exact) mass is 1210 g/mol. The lowest BCUT2D eigenvalue weighted by atomic mass is 9.84. The molecule has 0 aliphatic heterocycles. The van der Waals surface area contributed by atoms with E-state index in [0.29, 0.717) is 0 Å². The largest absolute Gasteiger partial charge is 0.378 e. The number of hydrogen-bond donors (Lipinski definition) is 0. The van der Waals surface area contributed by atoms with Crippen molar-refractivity contribution in [2.24, 2.45) is 0 Å². The van der Waals surface area contributed by atoms with Crippen LogP contribution in [0.5, 0.6) is 0 Å². The fourth-order valence-electron chi connectivity index (χ4n) is 13.6. The predicted molar refractivity (Wildman–Crippen MR) is 408 cm³/mol. The maximum absolute atomic E-state index is 2.44. The van der Waals surface area contributed by atoms with Crippen molar-refractivity contribution in [1.29, 1.82) is 0 Å². The van der Waals surface area contributed by atoms with Crippen molar-refractivity contribution >= 4 is 67.0 Å². The van der Waals surface area contributed by atoms with Gasteiger partial charge in [0.2, 0.25) is 0 Å². The van der Waals surface area contributed by atoms with Gasteiger partial charge in [0.15, 0.2) is 0 Å². The SMILES string of the molecule is Cc1cc2c(C=C(c3ccc(-c4ccc(-c5ccccc5)cc4)cc3)c3ccc(N(C)C)cc3)ccc(-c3ccc(-c4ccc(C=C(c5ccc(-c6ccc(-c7ccccc7)cc6)cc5)c5ccc(N(C)C)cc5)c5cc(C)c(C)cc45)c4cc(C)c(C)cc34)c2cc1C. The molecule has 0 unspecified atom stereocenters. The zero-order valence-electron chi connectivity index (χ0n) is 55.6. The molecule has 14 aromatic carbocycles. The van der Waals surface area contributed by atoms with E-state index in [1.54, 1.807) is 0 Å². The minimum atomic E-state index is 1.17. The van der Waals surface area contributed by atoms with E-state index in [1.807, 2.05) is 0 Å². The van der Waals surface area contributed by atoms with Crippen molar-refractivity contribution < 1.29 is 0 Å². The Labute approximate surface area is 555 Å². The fraction of sp³-hybridized carbons (Fsp3) is 0.109. The van der Waals surface area contributed by atoms with Gasteiger partial charge in [0, 0.05) is 39.6 Å². The van der Waals surface area contributed by atoms with Gasteiger partial charge in [-0.2, -0.15) is 0 Å². The summed E-state index contributed by atoms with van der Waals surface area (Å²) in [7, 11) is 8.41. The lowest BCUT2D eigenvalue weighted by Gasteiger charge is -2.20. The molecular weight excluding hydrogens is 1130 g/mol. The Morgan fingerprint density at radius 1 is 0.223 bits per heavy atom. The van der Waals surface area contributed by atoms with Crippen LogP contribution in [-0.4, -0.2) is 28.2 Å². The minimum absolute atomic E-state index is 1.17. The van der Waals surface area contributed by atoms with E-state index in [9.17, 15) is 0 Å². The molecule has 0 saturated heterocycles. The smallest absolute Gasteiger partial charge is 0.0361 e. The molecule has 0 bridgehead atoms. The van der Waals surface area contributed by atoms with E-state index >= 15 is 0 Å². The number of anilines is 2. The van der Waals surface area contributed by atoms with Gasteiger partial charge < -0.3 is 9.80 Å². The highest BCUT2D eigenvalue weighted by Crippen LogP contribution is 2.45. The molecule has 0 spiro atoms. The Hall–Kier alpha value is -11.1. The van der Waals surface area contributed by atoms with Crippen LogP contribution in [-0.2, 0) is 0 Å². The summed E-state index contributed by atoms with van der Waals surface area (Å²) < 4.78 is 0. The molecule has 14 aromatic rings. The Morgan fingerprint density at radius 3 is 0.702 bits per heavy atom. The number of aryl methyl sites for hydroxylation is 6. The third-order valence-electron chi connectivity index (χ3n) is 19.6. The summed E-state index contributed by atoms with van der Waals surface area (Å²) in [4.78, 5) is 4.33. The van der Waals surface area contributed by atoms with E-state index in [4.69, 9.17) is 0 Å². The fourth-order valence-corrected chi connectivity index (χ4v) is 13.6. The average Bonchev–Trinajstić information content (AvgIpc) is 0.744. The van der Waals surface area contributed by atoms with Crippen LogP contribution in [0.1, 0.15) is 66.8 Å². The molecule has 0 atom stereocenters. The summed E-state index contributed by atoms with van der Waals surface area (Å²) in [5.74, 6) is 0. The second-order valence-corrected chi connectivity index (χ2v) is 26.1. The highest BCUT2D eigenvalue weighted by Gasteiger charge is 2.20. The molecule has 0 radical (unpaired) electrons. The zero-order chi connectivity index (χ0) is 64.7. The minimum Gasteiger partial charge on any atom is -0.378 e. The van der Waals surface area contributed by atoms with Gasteiger partial charge in [-0.15, -0.1) is 0 Å². The van der Waals surface area contributed by atoms with E-state index in [2.05, 4.69) is 371 Å². The number of nitrogens with zero attached hydrogens (tertiary/aromatic N) is 2. The van der Waals surface area contributed by atoms with Gasteiger partial charge in [0.1, 0.15) is 0 Å². The Balaban J connectivity index is 0.870. The highest BCUT2D eigenvalue weighted by atomic mass is 15.1. The number of fused-ring (bicyclic) bond motifs is 3. The van der Waals surface area contributed by atoms with Crippen LogP contribution in [0.3, 0.4) is 0 Å². The molecule has 14 rings (SSSR count). The van der Waals surface area contributed by atoms with Crippen LogP contribution in [0.4, 0.5) is 11.4 Å². The first-order chi connectivity index (χ1) is 45.7. The predicted octanol–water partition coefficient (Wildman–Crippen LogP) is 24.3. The maximum atomic E-state index is 2.44. The van der Waals surface area contributed by atoms with Crippen LogP contribution in [0, 0.1) is 41.5 Å². The summed E-state index contributed by atoms with van der Waals surface area (Å²) in [5, 5.41) is 7.45. The quantitative estimate of drug-likeness (QED) is 0.100. The standard InChI is InChI=1S/C92H78N2/c1-59-51-87-77(57-85(75-37-43-79(44-38-75)93(7)8)73-33-29-71(30-34-73)69-25-21-67(22-26-69)65-17-13-11-14-18-65)41-47-81(89(87)53-61(59)3)83-49-50-84(92-56-64(6)63(5)55-91(83)92)82-48-42-78(88-52-60(2)62(4)54-90(82)88)58-86(76-39-45-80(46-40-76)94(9)10)74-35-31-72(32-36-74)70-27-23-68(24-28-70)66-19-15-12-16-20-66/h11-58H,1-10H3. The highest BCUT2D eigenvalue weighted by molar-refractivity contribution is 6.15. The van der Waals surface area contributed by atoms with E-state index < -0.39 is 0 Å². The van der Waals surface area contributed by atoms with Crippen molar-refractivity contribution in [3.8, 4) is 66.8 Å². The molecular formula is C92H78N2. The third-order valence-corrected chi connectivity index (χ3v) is 19.6. The molecule has 456 valence electrons. The zero-order valence-corrected chi connectivity index (χ0v) is 55.6. The number of hydrogen-bond acceptors (Lipinski definition) is 2. The molecule has 0 saturated carbocycles. The molecule has 2 nitrogen and oxygen atoms in total. The molecule has 0 aliphatic carbocycles. The maximum Gasteiger partial charge on any atom is 0.0361 e. The van der Waals surface area contributed by atoms with Crippen LogP contribution >= 0.6 is 0 Å². The number of benzene rings is 14. The van der Waals surface area contributed by atoms with Crippen molar-refractivity contribution in [2.45, 2.75) is 41.5 Å². The first-order valence-corrected chi connectivity index (χ1v) is 32.8. The lowest BCUT2D eigenvalue weighted by molar-refractivity contribution is 1.13. The third kappa shape index (κ3) is 12.0. The summed E-state index contributed by atoms with van der Waals surface area (Å²) in [6.07, 6.45) is 4.84. The summed E-state index contributed by atoms with van der Waals surface area (Å²) in [5.41, 5.74) is 33.9. The molecule has 94 heavy (non-hydrogen) atoms. The average molecular weight is 1210 g/mol. The van der Waals surface area contributed by atoms with Gasteiger partial charge in [0.05, 0.1) is 0 Å². The molecule has 0 amide bonds. The first-order valence-electron chi connectivity index (χ1n) is 32.8. The summed E-state index contributed by atoms with van der Waals surface area (Å²) in [6, 6.07) is 104. The molecule has 0 aromatic heterocycles. The first kappa shape index (κ1) is 60.5. The molecule has 0 aliphatic rings. The van der Waals surface area contributed by atoms with E-state index in [1.165, 1.54) is 188 Å². The van der Waals surface area contributed by atoms with E-state index in [-0.39, 0.29) is 0 Å². The Bertz CT molecular complexity index is 4870. The lowest BCUT2D eigenvalue weighted by Crippen LogP contribution is -2.08. The Morgan fingerprint density at radius 2 is 0.436 bits per heavy atom. The van der Waals surface area contributed by atoms with E-state index in [0.717, 1.165) is 0 Å². The second kappa shape index (κ2) is 25.6. The second-order valence-electron chi connectivity index (χ2n) is 26.1.